The Morgan fingerprint density at radius 3 is 2.45 bits per heavy atom. The fourth-order valence-corrected chi connectivity index (χ4v) is 1.66. The molecule has 0 aliphatic carbocycles. The first kappa shape index (κ1) is 18.9. The topological polar surface area (TPSA) is 78.5 Å². The number of rotatable bonds is 7. The van der Waals surface area contributed by atoms with E-state index >= 15 is 0 Å². The molecule has 1 aromatic rings. The predicted molar refractivity (Wildman–Crippen MR) is 68.2 cm³/mol. The number of nitrogens with one attached hydrogen (secondary N) is 1. The third-order valence-corrected chi connectivity index (χ3v) is 2.72. The van der Waals surface area contributed by atoms with E-state index in [-0.39, 0.29) is 36.1 Å². The Hall–Kier alpha value is -1.14. The van der Waals surface area contributed by atoms with Crippen molar-refractivity contribution in [1.29, 1.82) is 0 Å². The number of esters is 1. The number of carbonyl (C=O) groups is 2. The molecular formula is C14H16NNaO4. The van der Waals surface area contributed by atoms with Gasteiger partial charge in [-0.25, -0.2) is 0 Å². The Bertz CT molecular complexity index is 450. The van der Waals surface area contributed by atoms with Crippen molar-refractivity contribution in [2.45, 2.75) is 12.0 Å². The largest absolute Gasteiger partial charge is 1.00 e. The van der Waals surface area contributed by atoms with Gasteiger partial charge in [0.25, 0.3) is 0 Å². The summed E-state index contributed by atoms with van der Waals surface area (Å²) in [6.07, 6.45) is 1.36. The smallest absolute Gasteiger partial charge is 0.549 e. The van der Waals surface area contributed by atoms with Crippen molar-refractivity contribution < 1.29 is 49.0 Å². The van der Waals surface area contributed by atoms with E-state index in [1.165, 1.54) is 13.2 Å². The van der Waals surface area contributed by atoms with Gasteiger partial charge in [0, 0.05) is 12.5 Å². The maximum atomic E-state index is 11.3. The normalized spacial score (nSPS) is 12.7. The molecule has 0 amide bonds. The van der Waals surface area contributed by atoms with E-state index < -0.39 is 23.9 Å². The van der Waals surface area contributed by atoms with Gasteiger partial charge >= 0.3 is 35.5 Å². The molecule has 0 heterocycles. The van der Waals surface area contributed by atoms with Crippen molar-refractivity contribution in [3.05, 3.63) is 48.6 Å². The number of hydrogen-bond acceptors (Lipinski definition) is 5. The molecule has 0 spiro atoms. The monoisotopic (exact) mass is 285 g/mol. The van der Waals surface area contributed by atoms with E-state index in [1.807, 2.05) is 0 Å². The Morgan fingerprint density at radius 1 is 1.40 bits per heavy atom. The minimum atomic E-state index is -1.20. The van der Waals surface area contributed by atoms with Crippen molar-refractivity contribution >= 4 is 11.9 Å². The zero-order valence-corrected chi connectivity index (χ0v) is 13.7. The maximum Gasteiger partial charge on any atom is 1.00 e. The standard InChI is InChI=1S/C14H17NO4.Na/c1-3-12(14(18)19-2)15-9-11(13(16)17)10-7-5-4-6-8-10;/h3-8,11-12,15H,1,9H2,2H3,(H,16,17);/q;+1/p-1. The van der Waals surface area contributed by atoms with Gasteiger partial charge in [-0.2, -0.15) is 0 Å². The van der Waals surface area contributed by atoms with Gasteiger partial charge in [-0.05, 0) is 5.56 Å². The molecule has 1 N–H and O–H groups in total. The number of carboxylic acid groups (broad SMARTS) is 1. The average molecular weight is 285 g/mol. The average Bonchev–Trinajstić information content (AvgIpc) is 2.43. The molecule has 0 saturated heterocycles. The second kappa shape index (κ2) is 9.72. The maximum absolute atomic E-state index is 11.3. The molecule has 102 valence electrons. The molecule has 0 aliphatic rings. The Labute approximate surface area is 140 Å². The summed E-state index contributed by atoms with van der Waals surface area (Å²) in [7, 11) is 1.26. The number of benzene rings is 1. The fourth-order valence-electron chi connectivity index (χ4n) is 1.66. The molecule has 6 heteroatoms. The van der Waals surface area contributed by atoms with E-state index in [4.69, 9.17) is 0 Å². The molecule has 2 unspecified atom stereocenters. The van der Waals surface area contributed by atoms with Crippen LogP contribution in [0.4, 0.5) is 0 Å². The summed E-state index contributed by atoms with van der Waals surface area (Å²) in [6.45, 7) is 3.55. The number of hydrogen-bond donors (Lipinski definition) is 1. The van der Waals surface area contributed by atoms with Crippen LogP contribution in [0.25, 0.3) is 0 Å². The minimum absolute atomic E-state index is 0. The Morgan fingerprint density at radius 2 is 2.00 bits per heavy atom. The molecule has 20 heavy (non-hydrogen) atoms. The van der Waals surface area contributed by atoms with Crippen LogP contribution in [-0.2, 0) is 14.3 Å². The summed E-state index contributed by atoms with van der Waals surface area (Å²) < 4.78 is 4.57. The Balaban J connectivity index is 0.00000361. The van der Waals surface area contributed by atoms with Gasteiger partial charge in [0.05, 0.1) is 13.1 Å². The summed E-state index contributed by atoms with van der Waals surface area (Å²) >= 11 is 0. The molecule has 0 aromatic heterocycles. The van der Waals surface area contributed by atoms with Gasteiger partial charge in [0.1, 0.15) is 6.04 Å². The molecule has 0 bridgehead atoms. The van der Waals surface area contributed by atoms with Crippen LogP contribution in [0.2, 0.25) is 0 Å². The van der Waals surface area contributed by atoms with Crippen molar-refractivity contribution in [1.82, 2.24) is 5.32 Å². The number of ether oxygens (including phenoxy) is 1. The van der Waals surface area contributed by atoms with Crippen molar-refractivity contribution in [3.63, 3.8) is 0 Å². The fraction of sp³-hybridized carbons (Fsp3) is 0.286. The summed E-state index contributed by atoms with van der Waals surface area (Å²) in [4.78, 5) is 22.5. The second-order valence-corrected chi connectivity index (χ2v) is 3.93. The predicted octanol–water partition coefficient (Wildman–Crippen LogP) is -3.16. The van der Waals surface area contributed by atoms with Crippen molar-refractivity contribution in [2.24, 2.45) is 0 Å². The van der Waals surface area contributed by atoms with Gasteiger partial charge in [0.15, 0.2) is 0 Å². The SMILES string of the molecule is C=CC(NCC(C(=O)[O-])c1ccccc1)C(=O)OC.[Na+]. The molecule has 0 aliphatic heterocycles. The second-order valence-electron chi connectivity index (χ2n) is 3.93. The zero-order valence-electron chi connectivity index (χ0n) is 11.7. The third-order valence-electron chi connectivity index (χ3n) is 2.72. The first-order chi connectivity index (χ1) is 9.10. The summed E-state index contributed by atoms with van der Waals surface area (Å²) in [5.74, 6) is -2.56. The van der Waals surface area contributed by atoms with E-state index in [0.717, 1.165) is 0 Å². The molecular weight excluding hydrogens is 269 g/mol. The van der Waals surface area contributed by atoms with Gasteiger partial charge in [-0.3, -0.25) is 4.79 Å². The first-order valence-electron chi connectivity index (χ1n) is 5.79. The number of aliphatic carboxylic acids is 1. The molecule has 0 fully saturated rings. The van der Waals surface area contributed by atoms with E-state index in [2.05, 4.69) is 16.6 Å². The van der Waals surface area contributed by atoms with Crippen LogP contribution in [0.15, 0.2) is 43.0 Å². The van der Waals surface area contributed by atoms with E-state index in [9.17, 15) is 14.7 Å². The minimum Gasteiger partial charge on any atom is -0.549 e. The van der Waals surface area contributed by atoms with Crippen molar-refractivity contribution in [2.75, 3.05) is 13.7 Å². The van der Waals surface area contributed by atoms with Gasteiger partial charge in [-0.1, -0.05) is 36.4 Å². The molecule has 0 radical (unpaired) electrons. The van der Waals surface area contributed by atoms with Crippen LogP contribution in [0.1, 0.15) is 11.5 Å². The van der Waals surface area contributed by atoms with Crippen LogP contribution in [0.5, 0.6) is 0 Å². The number of carbonyl (C=O) groups excluding carboxylic acids is 2. The number of carboxylic acids is 1. The number of methoxy groups -OCH3 is 1. The van der Waals surface area contributed by atoms with Crippen LogP contribution < -0.4 is 40.0 Å². The first-order valence-corrected chi connectivity index (χ1v) is 5.79. The molecule has 5 nitrogen and oxygen atoms in total. The van der Waals surface area contributed by atoms with Gasteiger partial charge < -0.3 is 20.0 Å². The van der Waals surface area contributed by atoms with Crippen molar-refractivity contribution in [3.8, 4) is 0 Å². The summed E-state index contributed by atoms with van der Waals surface area (Å²) in [5, 5.41) is 13.9. The third kappa shape index (κ3) is 5.46. The van der Waals surface area contributed by atoms with Crippen LogP contribution in [0.3, 0.4) is 0 Å². The molecule has 1 rings (SSSR count). The van der Waals surface area contributed by atoms with Gasteiger partial charge in [-0.15, -0.1) is 6.58 Å². The summed E-state index contributed by atoms with van der Waals surface area (Å²) in [6, 6.07) is 7.94. The van der Waals surface area contributed by atoms with E-state index in [1.54, 1.807) is 30.3 Å². The molecule has 1 aromatic carbocycles. The Kier molecular flexibility index (Phi) is 9.16. The van der Waals surface area contributed by atoms with Crippen LogP contribution >= 0.6 is 0 Å². The van der Waals surface area contributed by atoms with Crippen LogP contribution in [-0.4, -0.2) is 31.6 Å². The molecule has 2 atom stereocenters. The quantitative estimate of drug-likeness (QED) is 0.325. The summed E-state index contributed by atoms with van der Waals surface area (Å²) in [5.41, 5.74) is 0.614. The van der Waals surface area contributed by atoms with E-state index in [0.29, 0.717) is 5.56 Å². The zero-order chi connectivity index (χ0) is 14.3. The molecule has 0 saturated carbocycles. The van der Waals surface area contributed by atoms with Crippen LogP contribution in [0, 0.1) is 0 Å². The van der Waals surface area contributed by atoms with Gasteiger partial charge in [0.2, 0.25) is 0 Å².